The molecule has 0 aromatic carbocycles. The Morgan fingerprint density at radius 2 is 2.56 bits per heavy atom. The van der Waals surface area contributed by atoms with Gasteiger partial charge in [-0.3, -0.25) is 4.98 Å². The first-order valence-corrected chi connectivity index (χ1v) is 2.84. The van der Waals surface area contributed by atoms with Crippen molar-refractivity contribution in [2.75, 3.05) is 0 Å². The fourth-order valence-corrected chi connectivity index (χ4v) is 0.867. The lowest BCUT2D eigenvalue weighted by atomic mass is 10.3. The van der Waals surface area contributed by atoms with Crippen molar-refractivity contribution >= 4 is 5.69 Å². The Balaban J connectivity index is 2.54. The molecule has 0 amide bonds. The van der Waals surface area contributed by atoms with Crippen LogP contribution in [0.1, 0.15) is 5.69 Å². The summed E-state index contributed by atoms with van der Waals surface area (Å²) < 4.78 is 0. The molecule has 0 fully saturated rings. The second kappa shape index (κ2) is 1.70. The minimum Gasteiger partial charge on any atom is -0.258 e. The normalized spacial score (nSPS) is 14.7. The van der Waals surface area contributed by atoms with Gasteiger partial charge in [-0.15, -0.1) is 0 Å². The number of nitrogens with one attached hydrogen (secondary N) is 1. The average Bonchev–Trinajstić information content (AvgIpc) is 2.33. The average molecular weight is 120 g/mol. The Morgan fingerprint density at radius 1 is 1.56 bits per heavy atom. The quantitative estimate of drug-likeness (QED) is 0.536. The van der Waals surface area contributed by atoms with Crippen LogP contribution in [-0.4, -0.2) is 4.98 Å². The Hall–Kier alpha value is -1.09. The Kier molecular flexibility index (Phi) is 0.899. The fourth-order valence-electron chi connectivity index (χ4n) is 0.867. The van der Waals surface area contributed by atoms with E-state index in [4.69, 9.17) is 0 Å². The molecule has 1 aliphatic heterocycles. The summed E-state index contributed by atoms with van der Waals surface area (Å²) >= 11 is 0. The van der Waals surface area contributed by atoms with Crippen LogP contribution < -0.4 is 10.9 Å². The molecule has 2 rings (SSSR count). The summed E-state index contributed by atoms with van der Waals surface area (Å²) in [7, 11) is 0. The van der Waals surface area contributed by atoms with E-state index in [9.17, 15) is 0 Å². The lowest BCUT2D eigenvalue weighted by molar-refractivity contribution is 0.675. The van der Waals surface area contributed by atoms with E-state index in [0.29, 0.717) is 0 Å². The molecule has 0 spiro atoms. The van der Waals surface area contributed by atoms with Crippen molar-refractivity contribution in [1.82, 2.24) is 15.8 Å². The van der Waals surface area contributed by atoms with Crippen molar-refractivity contribution < 1.29 is 0 Å². The Morgan fingerprint density at radius 3 is 3.44 bits per heavy atom. The number of hydrogen-bond donors (Lipinski definition) is 1. The molecule has 45 valence electrons. The van der Waals surface area contributed by atoms with Gasteiger partial charge >= 0.3 is 0 Å². The molecule has 1 aromatic rings. The van der Waals surface area contributed by atoms with Gasteiger partial charge in [-0.1, -0.05) is 0 Å². The van der Waals surface area contributed by atoms with Crippen molar-refractivity contribution in [3.63, 3.8) is 0 Å². The smallest absolute Gasteiger partial charge is 0.100 e. The molecule has 0 bridgehead atoms. The molecule has 0 saturated heterocycles. The Bertz CT molecular complexity index is 198. The van der Waals surface area contributed by atoms with E-state index in [0.717, 1.165) is 17.9 Å². The van der Waals surface area contributed by atoms with Crippen molar-refractivity contribution in [2.45, 2.75) is 6.54 Å². The third-order valence-corrected chi connectivity index (χ3v) is 1.31. The van der Waals surface area contributed by atoms with Gasteiger partial charge in [0.2, 0.25) is 0 Å². The van der Waals surface area contributed by atoms with Crippen molar-refractivity contribution in [3.05, 3.63) is 24.0 Å². The minimum atomic E-state index is 0.774. The second-order valence-electron chi connectivity index (χ2n) is 1.92. The van der Waals surface area contributed by atoms with Crippen LogP contribution in [0.4, 0.5) is 5.69 Å². The van der Waals surface area contributed by atoms with Crippen molar-refractivity contribution in [1.29, 1.82) is 0 Å². The molecule has 0 unspecified atom stereocenters. The zero-order chi connectivity index (χ0) is 6.10. The van der Waals surface area contributed by atoms with E-state index >= 15 is 0 Å². The first-order chi connectivity index (χ1) is 4.47. The van der Waals surface area contributed by atoms with Crippen LogP contribution in [0.2, 0.25) is 0 Å². The van der Waals surface area contributed by atoms with Crippen LogP contribution in [0.3, 0.4) is 0 Å². The van der Waals surface area contributed by atoms with Crippen LogP contribution in [0.15, 0.2) is 18.3 Å². The van der Waals surface area contributed by atoms with Crippen LogP contribution in [-0.2, 0) is 6.54 Å². The summed E-state index contributed by atoms with van der Waals surface area (Å²) in [5.74, 6) is 0. The predicted octanol–water partition coefficient (Wildman–Crippen LogP) is 0.336. The van der Waals surface area contributed by atoms with E-state index in [1.807, 2.05) is 12.1 Å². The molecule has 0 aliphatic carbocycles. The first kappa shape index (κ1) is 4.76. The van der Waals surface area contributed by atoms with Gasteiger partial charge in [0.05, 0.1) is 12.2 Å². The van der Waals surface area contributed by atoms with E-state index in [2.05, 4.69) is 15.8 Å². The predicted molar refractivity (Wildman–Crippen MR) is 32.9 cm³/mol. The summed E-state index contributed by atoms with van der Waals surface area (Å²) in [4.78, 5) is 4.10. The van der Waals surface area contributed by atoms with Crippen molar-refractivity contribution in [3.8, 4) is 0 Å². The highest BCUT2D eigenvalue weighted by Crippen LogP contribution is 2.14. The largest absolute Gasteiger partial charge is 0.258 e. The fraction of sp³-hybridized carbons (Fsp3) is 0.167. The van der Waals surface area contributed by atoms with E-state index in [1.54, 1.807) is 6.20 Å². The molecule has 0 saturated carbocycles. The number of pyridine rings is 1. The van der Waals surface area contributed by atoms with Gasteiger partial charge in [-0.25, -0.2) is 10.9 Å². The molecule has 0 atom stereocenters. The molecule has 1 aliphatic rings. The number of hydrogen-bond acceptors (Lipinski definition) is 2. The highest BCUT2D eigenvalue weighted by Gasteiger charge is 2.09. The molecular formula is C6H6N3. The molecule has 3 heteroatoms. The summed E-state index contributed by atoms with van der Waals surface area (Å²) in [5.41, 5.74) is 8.85. The van der Waals surface area contributed by atoms with Crippen molar-refractivity contribution in [2.24, 2.45) is 0 Å². The monoisotopic (exact) mass is 120 g/mol. The molecular weight excluding hydrogens is 114 g/mol. The topological polar surface area (TPSA) is 39.0 Å². The second-order valence-corrected chi connectivity index (χ2v) is 1.92. The van der Waals surface area contributed by atoms with Gasteiger partial charge in [-0.05, 0) is 12.1 Å². The van der Waals surface area contributed by atoms with Gasteiger partial charge in [0.15, 0.2) is 0 Å². The zero-order valence-corrected chi connectivity index (χ0v) is 4.83. The minimum absolute atomic E-state index is 0.774. The van der Waals surface area contributed by atoms with Gasteiger partial charge in [0.25, 0.3) is 0 Å². The summed E-state index contributed by atoms with van der Waals surface area (Å²) in [6.45, 7) is 0.774. The summed E-state index contributed by atoms with van der Waals surface area (Å²) in [5, 5.41) is 0. The highest BCUT2D eigenvalue weighted by molar-refractivity contribution is 5.41. The molecule has 9 heavy (non-hydrogen) atoms. The third kappa shape index (κ3) is 0.658. The third-order valence-electron chi connectivity index (χ3n) is 1.31. The molecule has 1 aromatic heterocycles. The van der Waals surface area contributed by atoms with Crippen LogP contribution in [0, 0.1) is 0 Å². The Labute approximate surface area is 53.1 Å². The number of rotatable bonds is 0. The van der Waals surface area contributed by atoms with Crippen LogP contribution in [0.25, 0.3) is 0 Å². The molecule has 2 heterocycles. The molecule has 3 nitrogen and oxygen atoms in total. The SMILES string of the molecule is c1cnc2c(c1)[N]NC2. The molecule has 1 N–H and O–H groups in total. The van der Waals surface area contributed by atoms with Gasteiger partial charge in [0.1, 0.15) is 5.69 Å². The highest BCUT2D eigenvalue weighted by atomic mass is 15.4. The van der Waals surface area contributed by atoms with E-state index in [-0.39, 0.29) is 0 Å². The maximum absolute atomic E-state index is 4.10. The first-order valence-electron chi connectivity index (χ1n) is 2.84. The summed E-state index contributed by atoms with van der Waals surface area (Å²) in [6.07, 6.45) is 1.78. The van der Waals surface area contributed by atoms with Gasteiger partial charge in [0, 0.05) is 6.20 Å². The van der Waals surface area contributed by atoms with E-state index in [1.165, 1.54) is 0 Å². The summed E-state index contributed by atoms with van der Waals surface area (Å²) in [6, 6.07) is 3.83. The van der Waals surface area contributed by atoms with Crippen LogP contribution >= 0.6 is 0 Å². The maximum Gasteiger partial charge on any atom is 0.100 e. The van der Waals surface area contributed by atoms with Gasteiger partial charge < -0.3 is 0 Å². The van der Waals surface area contributed by atoms with Crippen LogP contribution in [0.5, 0.6) is 0 Å². The maximum atomic E-state index is 4.10. The lowest BCUT2D eigenvalue weighted by Gasteiger charge is -1.89. The zero-order valence-electron chi connectivity index (χ0n) is 4.83. The standard InChI is InChI=1S/C6H6N3/c1-2-5-6(7-3-1)4-8-9-5/h1-3,8H,4H2. The number of nitrogens with zero attached hydrogens (tertiary/aromatic N) is 2. The number of fused-ring (bicyclic) bond motifs is 1. The number of aromatic nitrogens is 1. The van der Waals surface area contributed by atoms with E-state index < -0.39 is 0 Å². The lowest BCUT2D eigenvalue weighted by Crippen LogP contribution is -2.09. The van der Waals surface area contributed by atoms with Gasteiger partial charge in [-0.2, -0.15) is 0 Å². The molecule has 1 radical (unpaired) electrons.